The molecule has 2 N–H and O–H groups in total. The summed E-state index contributed by atoms with van der Waals surface area (Å²) in [5, 5.41) is 2.15. The van der Waals surface area contributed by atoms with Crippen LogP contribution in [0.25, 0.3) is 0 Å². The van der Waals surface area contributed by atoms with Crippen molar-refractivity contribution in [3.05, 3.63) is 11.5 Å². The van der Waals surface area contributed by atoms with Gasteiger partial charge < -0.3 is 5.73 Å². The van der Waals surface area contributed by atoms with Gasteiger partial charge in [0.25, 0.3) is 0 Å². The van der Waals surface area contributed by atoms with Crippen LogP contribution in [0.3, 0.4) is 0 Å². The molecule has 1 heterocycles. The first kappa shape index (κ1) is 6.17. The summed E-state index contributed by atoms with van der Waals surface area (Å²) in [7, 11) is 0. The lowest BCUT2D eigenvalue weighted by Crippen LogP contribution is -2.13. The lowest BCUT2D eigenvalue weighted by molar-refractivity contribution is 0.642. The van der Waals surface area contributed by atoms with Crippen molar-refractivity contribution in [3.8, 4) is 0 Å². The Morgan fingerprint density at radius 2 is 2.62 bits per heavy atom. The Kier molecular flexibility index (Phi) is 2.43. The molecule has 1 unspecified atom stereocenters. The van der Waals surface area contributed by atoms with Crippen LogP contribution in [0.2, 0.25) is 0 Å². The fourth-order valence-electron chi connectivity index (χ4n) is 0.747. The van der Waals surface area contributed by atoms with Gasteiger partial charge in [-0.1, -0.05) is 6.08 Å². The molecule has 0 aromatic heterocycles. The molecule has 1 atom stereocenters. The zero-order valence-corrected chi connectivity index (χ0v) is 5.66. The molecule has 0 saturated carbocycles. The molecule has 0 aliphatic carbocycles. The number of hydrogen-bond acceptors (Lipinski definition) is 2. The molecular formula is C6H11NS. The van der Waals surface area contributed by atoms with Crippen LogP contribution >= 0.6 is 11.8 Å². The smallest absolute Gasteiger partial charge is 0.00136 e. The van der Waals surface area contributed by atoms with Crippen molar-refractivity contribution in [2.75, 3.05) is 12.3 Å². The topological polar surface area (TPSA) is 26.0 Å². The van der Waals surface area contributed by atoms with Crippen LogP contribution in [-0.2, 0) is 0 Å². The highest BCUT2D eigenvalue weighted by Gasteiger charge is 2.04. The number of nitrogens with two attached hydrogens (primary N) is 1. The Bertz CT molecular complexity index is 90.5. The van der Waals surface area contributed by atoms with E-state index in [1.165, 1.54) is 12.2 Å². The summed E-state index contributed by atoms with van der Waals surface area (Å²) in [5.41, 5.74) is 5.44. The van der Waals surface area contributed by atoms with E-state index < -0.39 is 0 Å². The van der Waals surface area contributed by atoms with E-state index >= 15 is 0 Å². The lowest BCUT2D eigenvalue weighted by atomic mass is 10.1. The van der Waals surface area contributed by atoms with Crippen molar-refractivity contribution < 1.29 is 0 Å². The van der Waals surface area contributed by atoms with Gasteiger partial charge in [0.2, 0.25) is 0 Å². The average molecular weight is 129 g/mol. The quantitative estimate of drug-likeness (QED) is 0.576. The fourth-order valence-corrected chi connectivity index (χ4v) is 1.66. The highest BCUT2D eigenvalue weighted by atomic mass is 32.2. The van der Waals surface area contributed by atoms with E-state index in [0.717, 1.165) is 6.54 Å². The third kappa shape index (κ3) is 1.53. The summed E-state index contributed by atoms with van der Waals surface area (Å²) in [6, 6.07) is 0. The highest BCUT2D eigenvalue weighted by Crippen LogP contribution is 2.18. The van der Waals surface area contributed by atoms with Crippen molar-refractivity contribution in [2.45, 2.75) is 6.42 Å². The van der Waals surface area contributed by atoms with Crippen LogP contribution in [0, 0.1) is 5.92 Å². The molecule has 0 aromatic rings. The van der Waals surface area contributed by atoms with Crippen LogP contribution in [0.15, 0.2) is 11.5 Å². The Labute approximate surface area is 54.3 Å². The predicted octanol–water partition coefficient (Wildman–Crippen LogP) is 1.21. The van der Waals surface area contributed by atoms with Gasteiger partial charge in [-0.3, -0.25) is 0 Å². The molecule has 0 spiro atoms. The van der Waals surface area contributed by atoms with Gasteiger partial charge in [-0.05, 0) is 30.0 Å². The van der Waals surface area contributed by atoms with Crippen molar-refractivity contribution in [1.82, 2.24) is 0 Å². The Morgan fingerprint density at radius 3 is 3.00 bits per heavy atom. The van der Waals surface area contributed by atoms with Gasteiger partial charge in [-0.2, -0.15) is 0 Å². The predicted molar refractivity (Wildman–Crippen MR) is 38.8 cm³/mol. The van der Waals surface area contributed by atoms with Gasteiger partial charge in [0.1, 0.15) is 0 Å². The summed E-state index contributed by atoms with van der Waals surface area (Å²) in [6.45, 7) is 0.817. The number of rotatable bonds is 1. The maximum atomic E-state index is 5.44. The number of hydrogen-bond donors (Lipinski definition) is 1. The SMILES string of the molecule is NCC1C=CSCC1. The third-order valence-electron chi connectivity index (χ3n) is 1.36. The van der Waals surface area contributed by atoms with Crippen molar-refractivity contribution >= 4 is 11.8 Å². The van der Waals surface area contributed by atoms with E-state index in [0.29, 0.717) is 5.92 Å². The second kappa shape index (κ2) is 3.15. The molecule has 1 rings (SSSR count). The largest absolute Gasteiger partial charge is 0.330 e. The molecule has 0 aromatic carbocycles. The summed E-state index contributed by atoms with van der Waals surface area (Å²) in [4.78, 5) is 0. The molecule has 46 valence electrons. The minimum absolute atomic E-state index is 0.663. The van der Waals surface area contributed by atoms with Gasteiger partial charge in [0, 0.05) is 0 Å². The van der Waals surface area contributed by atoms with Crippen LogP contribution in [0.5, 0.6) is 0 Å². The molecule has 1 aliphatic heterocycles. The van der Waals surface area contributed by atoms with Crippen molar-refractivity contribution in [3.63, 3.8) is 0 Å². The lowest BCUT2D eigenvalue weighted by Gasteiger charge is -2.11. The summed E-state index contributed by atoms with van der Waals surface area (Å²) >= 11 is 1.88. The van der Waals surface area contributed by atoms with Crippen LogP contribution < -0.4 is 5.73 Å². The van der Waals surface area contributed by atoms with E-state index in [-0.39, 0.29) is 0 Å². The van der Waals surface area contributed by atoms with E-state index in [4.69, 9.17) is 5.73 Å². The summed E-state index contributed by atoms with van der Waals surface area (Å²) < 4.78 is 0. The highest BCUT2D eigenvalue weighted by molar-refractivity contribution is 8.02. The minimum Gasteiger partial charge on any atom is -0.330 e. The van der Waals surface area contributed by atoms with Crippen LogP contribution in [0.1, 0.15) is 6.42 Å². The van der Waals surface area contributed by atoms with Crippen molar-refractivity contribution in [1.29, 1.82) is 0 Å². The molecule has 0 amide bonds. The maximum Gasteiger partial charge on any atom is -0.00136 e. The van der Waals surface area contributed by atoms with Gasteiger partial charge in [0.15, 0.2) is 0 Å². The van der Waals surface area contributed by atoms with Gasteiger partial charge >= 0.3 is 0 Å². The molecule has 0 radical (unpaired) electrons. The van der Waals surface area contributed by atoms with Crippen molar-refractivity contribution in [2.24, 2.45) is 11.7 Å². The molecule has 2 heteroatoms. The maximum absolute atomic E-state index is 5.44. The Balaban J connectivity index is 2.32. The molecule has 0 saturated heterocycles. The third-order valence-corrected chi connectivity index (χ3v) is 2.18. The van der Waals surface area contributed by atoms with Gasteiger partial charge in [-0.25, -0.2) is 0 Å². The monoisotopic (exact) mass is 129 g/mol. The molecular weight excluding hydrogens is 118 g/mol. The first-order valence-electron chi connectivity index (χ1n) is 2.92. The second-order valence-corrected chi connectivity index (χ2v) is 3.00. The zero-order valence-electron chi connectivity index (χ0n) is 4.84. The molecule has 1 nitrogen and oxygen atoms in total. The van der Waals surface area contributed by atoms with E-state index in [9.17, 15) is 0 Å². The molecule has 0 bridgehead atoms. The van der Waals surface area contributed by atoms with Crippen LogP contribution in [0.4, 0.5) is 0 Å². The van der Waals surface area contributed by atoms with Crippen LogP contribution in [-0.4, -0.2) is 12.3 Å². The standard InChI is InChI=1S/C6H11NS/c7-5-6-1-3-8-4-2-6/h1,3,6H,2,4-5,7H2. The second-order valence-electron chi connectivity index (χ2n) is 1.98. The Morgan fingerprint density at radius 1 is 1.75 bits per heavy atom. The molecule has 0 fully saturated rings. The summed E-state index contributed by atoms with van der Waals surface area (Å²) in [6.07, 6.45) is 3.46. The summed E-state index contributed by atoms with van der Waals surface area (Å²) in [5.74, 6) is 1.91. The van der Waals surface area contributed by atoms with E-state index in [1.807, 2.05) is 11.8 Å². The Hall–Kier alpha value is 0.0500. The fraction of sp³-hybridized carbons (Fsp3) is 0.667. The average Bonchev–Trinajstić information content (AvgIpc) is 1.90. The first-order chi connectivity index (χ1) is 3.93. The molecule has 8 heavy (non-hydrogen) atoms. The van der Waals surface area contributed by atoms with E-state index in [2.05, 4.69) is 11.5 Å². The van der Waals surface area contributed by atoms with Gasteiger partial charge in [-0.15, -0.1) is 11.8 Å². The first-order valence-corrected chi connectivity index (χ1v) is 3.96. The minimum atomic E-state index is 0.663. The zero-order chi connectivity index (χ0) is 5.82. The van der Waals surface area contributed by atoms with E-state index in [1.54, 1.807) is 0 Å². The number of thioether (sulfide) groups is 1. The van der Waals surface area contributed by atoms with Gasteiger partial charge in [0.05, 0.1) is 0 Å². The normalized spacial score (nSPS) is 28.4. The molecule has 1 aliphatic rings.